The van der Waals surface area contributed by atoms with E-state index in [-0.39, 0.29) is 5.92 Å². The van der Waals surface area contributed by atoms with E-state index >= 15 is 0 Å². The molecule has 3 fully saturated rings. The summed E-state index contributed by atoms with van der Waals surface area (Å²) in [6.45, 7) is 6.07. The van der Waals surface area contributed by atoms with Gasteiger partial charge < -0.3 is 14.9 Å². The fraction of sp³-hybridized carbons (Fsp3) is 0.643. The quantitative estimate of drug-likeness (QED) is 0.636. The summed E-state index contributed by atoms with van der Waals surface area (Å²) in [6.07, 6.45) is 12.2. The minimum Gasteiger partial charge on any atom is -0.389 e. The number of fused-ring (bicyclic) bond motifs is 1. The standard InChI is InChI=1S/C28H41N2O/c31-28(15-5-1-6-16-28)27(25-12-11-23-9-3-4-10-24(23)21-25)22-30(19-7-2-8-20-30)26-13-17-29-18-14-26/h3-4,9-12,21,26-27,29,31H,1-2,5-8,13-20,22H2/q+1. The second-order valence-electron chi connectivity index (χ2n) is 10.7. The van der Waals surface area contributed by atoms with Crippen LogP contribution in [0.2, 0.25) is 0 Å². The summed E-state index contributed by atoms with van der Waals surface area (Å²) in [5.41, 5.74) is 0.830. The van der Waals surface area contributed by atoms with Gasteiger partial charge in [0.2, 0.25) is 0 Å². The van der Waals surface area contributed by atoms with Gasteiger partial charge in [-0.1, -0.05) is 61.7 Å². The van der Waals surface area contributed by atoms with Crippen molar-refractivity contribution in [3.05, 3.63) is 48.0 Å². The van der Waals surface area contributed by atoms with Gasteiger partial charge in [0.15, 0.2) is 0 Å². The molecule has 2 saturated heterocycles. The highest BCUT2D eigenvalue weighted by Crippen LogP contribution is 2.44. The second-order valence-corrected chi connectivity index (χ2v) is 10.7. The van der Waals surface area contributed by atoms with Crippen molar-refractivity contribution >= 4 is 10.8 Å². The Kier molecular flexibility index (Phi) is 6.37. The van der Waals surface area contributed by atoms with Crippen molar-refractivity contribution in [1.29, 1.82) is 0 Å². The molecule has 0 spiro atoms. The zero-order valence-electron chi connectivity index (χ0n) is 19.2. The van der Waals surface area contributed by atoms with Gasteiger partial charge in [-0.25, -0.2) is 0 Å². The molecule has 1 aliphatic carbocycles. The molecule has 0 amide bonds. The third-order valence-corrected chi connectivity index (χ3v) is 8.88. The Balaban J connectivity index is 1.53. The van der Waals surface area contributed by atoms with Crippen LogP contribution in [0.25, 0.3) is 10.8 Å². The first kappa shape index (κ1) is 21.4. The van der Waals surface area contributed by atoms with Gasteiger partial charge in [0, 0.05) is 25.9 Å². The number of nitrogens with one attached hydrogen (secondary N) is 1. The summed E-state index contributed by atoms with van der Waals surface area (Å²) >= 11 is 0. The Morgan fingerprint density at radius 3 is 2.29 bits per heavy atom. The van der Waals surface area contributed by atoms with Crippen LogP contribution in [0, 0.1) is 0 Å². The molecule has 3 nitrogen and oxygen atoms in total. The molecular formula is C28H41N2O+. The van der Waals surface area contributed by atoms with Gasteiger partial charge >= 0.3 is 0 Å². The van der Waals surface area contributed by atoms with Gasteiger partial charge in [0.25, 0.3) is 0 Å². The average Bonchev–Trinajstić information content (AvgIpc) is 2.84. The van der Waals surface area contributed by atoms with Crippen molar-refractivity contribution in [3.8, 4) is 0 Å². The van der Waals surface area contributed by atoms with E-state index in [1.54, 1.807) is 0 Å². The molecule has 1 atom stereocenters. The number of benzene rings is 2. The molecule has 3 aliphatic rings. The number of rotatable bonds is 5. The summed E-state index contributed by atoms with van der Waals surface area (Å²) in [5.74, 6) is 0.241. The normalized spacial score (nSPS) is 25.3. The molecule has 1 unspecified atom stereocenters. The Labute approximate surface area is 188 Å². The van der Waals surface area contributed by atoms with E-state index in [1.165, 1.54) is 85.3 Å². The van der Waals surface area contributed by atoms with Crippen molar-refractivity contribution in [1.82, 2.24) is 5.32 Å². The van der Waals surface area contributed by atoms with Crippen LogP contribution in [-0.2, 0) is 0 Å². The number of likely N-dealkylation sites (tertiary alicyclic amines) is 1. The number of quaternary nitrogens is 1. The smallest absolute Gasteiger partial charge is 0.0915 e. The highest BCUT2D eigenvalue weighted by molar-refractivity contribution is 5.83. The van der Waals surface area contributed by atoms with Crippen LogP contribution in [-0.4, -0.2) is 54.0 Å². The van der Waals surface area contributed by atoms with Crippen LogP contribution in [0.5, 0.6) is 0 Å². The van der Waals surface area contributed by atoms with E-state index in [4.69, 9.17) is 0 Å². The van der Waals surface area contributed by atoms with Crippen LogP contribution < -0.4 is 5.32 Å². The third kappa shape index (κ3) is 4.42. The van der Waals surface area contributed by atoms with E-state index in [0.717, 1.165) is 38.5 Å². The van der Waals surface area contributed by atoms with Crippen LogP contribution >= 0.6 is 0 Å². The monoisotopic (exact) mass is 421 g/mol. The van der Waals surface area contributed by atoms with Gasteiger partial charge in [0.1, 0.15) is 0 Å². The Morgan fingerprint density at radius 1 is 0.871 bits per heavy atom. The molecule has 3 heteroatoms. The highest BCUT2D eigenvalue weighted by Gasteiger charge is 2.47. The second kappa shape index (κ2) is 9.21. The number of piperidine rings is 2. The molecule has 2 N–H and O–H groups in total. The first-order valence-electron chi connectivity index (χ1n) is 13.0. The van der Waals surface area contributed by atoms with Gasteiger partial charge in [-0.2, -0.15) is 0 Å². The van der Waals surface area contributed by atoms with Gasteiger partial charge in [0.05, 0.1) is 37.2 Å². The number of hydrogen-bond donors (Lipinski definition) is 2. The number of hydrogen-bond acceptors (Lipinski definition) is 2. The molecule has 2 aromatic rings. The van der Waals surface area contributed by atoms with E-state index in [0.29, 0.717) is 0 Å². The zero-order valence-corrected chi connectivity index (χ0v) is 19.2. The topological polar surface area (TPSA) is 32.3 Å². The molecule has 0 bridgehead atoms. The lowest BCUT2D eigenvalue weighted by Crippen LogP contribution is -2.63. The molecule has 168 valence electrons. The van der Waals surface area contributed by atoms with Crippen LogP contribution in [0.3, 0.4) is 0 Å². The lowest BCUT2D eigenvalue weighted by atomic mass is 9.71. The van der Waals surface area contributed by atoms with E-state index < -0.39 is 5.60 Å². The van der Waals surface area contributed by atoms with E-state index in [9.17, 15) is 5.11 Å². The maximum atomic E-state index is 12.1. The van der Waals surface area contributed by atoms with Crippen LogP contribution in [0.4, 0.5) is 0 Å². The SMILES string of the molecule is OC1(C(C[N+]2(C3CCNCC3)CCCCC2)c2ccc3ccccc3c2)CCCCC1. The minimum absolute atomic E-state index is 0.241. The summed E-state index contributed by atoms with van der Waals surface area (Å²) in [5, 5.41) is 18.3. The highest BCUT2D eigenvalue weighted by atomic mass is 16.3. The largest absolute Gasteiger partial charge is 0.389 e. The maximum absolute atomic E-state index is 12.1. The van der Waals surface area contributed by atoms with Gasteiger partial charge in [-0.05, 0) is 48.4 Å². The Bertz CT molecular complexity index is 860. The first-order valence-corrected chi connectivity index (χ1v) is 13.0. The van der Waals surface area contributed by atoms with Crippen molar-refractivity contribution in [3.63, 3.8) is 0 Å². The van der Waals surface area contributed by atoms with Gasteiger partial charge in [-0.15, -0.1) is 0 Å². The predicted octanol–water partition coefficient (Wildman–Crippen LogP) is 5.37. The van der Waals surface area contributed by atoms with Gasteiger partial charge in [-0.3, -0.25) is 0 Å². The van der Waals surface area contributed by atoms with Crippen molar-refractivity contribution < 1.29 is 9.59 Å². The summed E-state index contributed by atoms with van der Waals surface area (Å²) in [4.78, 5) is 0. The Hall–Kier alpha value is -1.42. The predicted molar refractivity (Wildman–Crippen MR) is 129 cm³/mol. The molecule has 2 aliphatic heterocycles. The lowest BCUT2D eigenvalue weighted by molar-refractivity contribution is -0.958. The average molecular weight is 422 g/mol. The third-order valence-electron chi connectivity index (χ3n) is 8.88. The molecule has 0 aromatic heterocycles. The fourth-order valence-electron chi connectivity index (χ4n) is 7.08. The summed E-state index contributed by atoms with van der Waals surface area (Å²) in [7, 11) is 0. The fourth-order valence-corrected chi connectivity index (χ4v) is 7.08. The van der Waals surface area contributed by atoms with Crippen molar-refractivity contribution in [2.45, 2.75) is 81.8 Å². The van der Waals surface area contributed by atoms with Crippen LogP contribution in [0.1, 0.15) is 75.7 Å². The number of nitrogens with zero attached hydrogens (tertiary/aromatic N) is 1. The molecule has 0 radical (unpaired) electrons. The molecule has 2 aromatic carbocycles. The van der Waals surface area contributed by atoms with Crippen molar-refractivity contribution in [2.24, 2.45) is 0 Å². The first-order chi connectivity index (χ1) is 15.2. The molecular weight excluding hydrogens is 380 g/mol. The van der Waals surface area contributed by atoms with Crippen molar-refractivity contribution in [2.75, 3.05) is 32.7 Å². The van der Waals surface area contributed by atoms with E-state index in [2.05, 4.69) is 47.8 Å². The number of aliphatic hydroxyl groups is 1. The van der Waals surface area contributed by atoms with Crippen LogP contribution in [0.15, 0.2) is 42.5 Å². The molecule has 5 rings (SSSR count). The molecule has 1 saturated carbocycles. The summed E-state index contributed by atoms with van der Waals surface area (Å²) in [6, 6.07) is 16.5. The zero-order chi connectivity index (χ0) is 21.2. The van der Waals surface area contributed by atoms with E-state index in [1.807, 2.05) is 0 Å². The summed E-state index contributed by atoms with van der Waals surface area (Å²) < 4.78 is 1.25. The maximum Gasteiger partial charge on any atom is 0.0915 e. The molecule has 2 heterocycles. The minimum atomic E-state index is -0.545. The lowest BCUT2D eigenvalue weighted by Gasteiger charge is -2.52. The molecule has 31 heavy (non-hydrogen) atoms. The Morgan fingerprint density at radius 2 is 1.55 bits per heavy atom.